The molecule has 1 amide bonds. The molecule has 2 rings (SSSR count). The van der Waals surface area contributed by atoms with Crippen LogP contribution in [0.3, 0.4) is 0 Å². The first kappa shape index (κ1) is 18.5. The predicted octanol–water partition coefficient (Wildman–Crippen LogP) is 2.73. The van der Waals surface area contributed by atoms with Crippen LogP contribution in [0.4, 0.5) is 16.3 Å². The Bertz CT molecular complexity index is 622. The van der Waals surface area contributed by atoms with Crippen molar-refractivity contribution in [2.45, 2.75) is 45.3 Å². The predicted molar refractivity (Wildman–Crippen MR) is 96.3 cm³/mol. The summed E-state index contributed by atoms with van der Waals surface area (Å²) in [5.41, 5.74) is 6.43. The molecule has 8 heteroatoms. The average Bonchev–Trinajstić information content (AvgIpc) is 2.48. The van der Waals surface area contributed by atoms with Gasteiger partial charge in [0.05, 0.1) is 15.7 Å². The monoisotopic (exact) mass is 398 g/mol. The molecule has 3 N–H and O–H groups in total. The Hall–Kier alpha value is -1.83. The van der Waals surface area contributed by atoms with Crippen molar-refractivity contribution in [1.29, 1.82) is 0 Å². The van der Waals surface area contributed by atoms with Gasteiger partial charge < -0.3 is 20.7 Å². The lowest BCUT2D eigenvalue weighted by Gasteiger charge is -2.35. The third-order valence-electron chi connectivity index (χ3n) is 3.72. The van der Waals surface area contributed by atoms with E-state index < -0.39 is 11.7 Å². The summed E-state index contributed by atoms with van der Waals surface area (Å²) in [6.45, 7) is 6.90. The Morgan fingerprint density at radius 3 is 2.62 bits per heavy atom. The first-order valence-electron chi connectivity index (χ1n) is 7.85. The summed E-state index contributed by atoms with van der Waals surface area (Å²) in [7, 11) is 0. The lowest BCUT2D eigenvalue weighted by atomic mass is 10.0. The summed E-state index contributed by atoms with van der Waals surface area (Å²) in [6.07, 6.45) is 3.44. The molecule has 0 atom stereocenters. The van der Waals surface area contributed by atoms with E-state index in [9.17, 15) is 9.59 Å². The molecule has 132 valence electrons. The first-order valence-corrected chi connectivity index (χ1v) is 8.64. The van der Waals surface area contributed by atoms with E-state index in [4.69, 9.17) is 10.5 Å². The van der Waals surface area contributed by atoms with Crippen LogP contribution in [0.25, 0.3) is 0 Å². The molecular formula is C16H23BrN4O3. The van der Waals surface area contributed by atoms with Gasteiger partial charge in [0.15, 0.2) is 6.29 Å². The molecule has 1 saturated heterocycles. The van der Waals surface area contributed by atoms with Gasteiger partial charge in [-0.25, -0.2) is 9.78 Å². The zero-order chi connectivity index (χ0) is 17.9. The Morgan fingerprint density at radius 2 is 2.08 bits per heavy atom. The Labute approximate surface area is 150 Å². The number of piperidine rings is 1. The second-order valence-corrected chi connectivity index (χ2v) is 7.63. The number of hydrogen-bond donors (Lipinski definition) is 2. The fourth-order valence-corrected chi connectivity index (χ4v) is 3.23. The smallest absolute Gasteiger partial charge is 0.407 e. The number of aldehydes is 1. The van der Waals surface area contributed by atoms with E-state index in [1.54, 1.807) is 6.20 Å². The van der Waals surface area contributed by atoms with Gasteiger partial charge >= 0.3 is 6.09 Å². The first-order chi connectivity index (χ1) is 11.2. The second kappa shape index (κ2) is 7.38. The average molecular weight is 399 g/mol. The molecule has 0 aromatic carbocycles. The number of amides is 1. The highest BCUT2D eigenvalue weighted by Crippen LogP contribution is 2.33. The second-order valence-electron chi connectivity index (χ2n) is 6.78. The Kier molecular flexibility index (Phi) is 5.69. The van der Waals surface area contributed by atoms with Gasteiger partial charge in [-0.05, 0) is 49.5 Å². The number of ether oxygens (including phenoxy) is 1. The third kappa shape index (κ3) is 4.59. The van der Waals surface area contributed by atoms with Gasteiger partial charge in [0, 0.05) is 25.3 Å². The number of rotatable bonds is 3. The molecule has 0 radical (unpaired) electrons. The molecule has 7 nitrogen and oxygen atoms in total. The minimum absolute atomic E-state index is 0.0498. The van der Waals surface area contributed by atoms with E-state index in [0.29, 0.717) is 18.7 Å². The summed E-state index contributed by atoms with van der Waals surface area (Å²) in [5, 5.41) is 2.90. The minimum Gasteiger partial charge on any atom is -0.444 e. The van der Waals surface area contributed by atoms with E-state index in [1.165, 1.54) is 0 Å². The van der Waals surface area contributed by atoms with Crippen molar-refractivity contribution in [2.24, 2.45) is 0 Å². The van der Waals surface area contributed by atoms with Crippen LogP contribution in [0, 0.1) is 0 Å². The van der Waals surface area contributed by atoms with Crippen molar-refractivity contribution in [2.75, 3.05) is 23.7 Å². The number of nitrogens with zero attached hydrogens (tertiary/aromatic N) is 2. The number of carbonyl (C=O) groups is 2. The fraction of sp³-hybridized carbons (Fsp3) is 0.562. The van der Waals surface area contributed by atoms with Crippen molar-refractivity contribution in [1.82, 2.24) is 10.3 Å². The number of aromatic nitrogens is 1. The molecule has 1 aliphatic rings. The fourth-order valence-electron chi connectivity index (χ4n) is 2.67. The normalized spacial score (nSPS) is 15.9. The number of pyridine rings is 1. The highest BCUT2D eigenvalue weighted by molar-refractivity contribution is 9.10. The maximum Gasteiger partial charge on any atom is 0.407 e. The Morgan fingerprint density at radius 1 is 1.46 bits per heavy atom. The van der Waals surface area contributed by atoms with Crippen molar-refractivity contribution in [3.8, 4) is 0 Å². The number of alkyl carbamates (subject to hydrolysis) is 1. The van der Waals surface area contributed by atoms with E-state index in [-0.39, 0.29) is 11.9 Å². The van der Waals surface area contributed by atoms with Gasteiger partial charge in [0.2, 0.25) is 0 Å². The SMILES string of the molecule is CC(C)(C)OC(=O)NC1CCN(c2c(Br)cnc(N)c2C=O)CC1. The number of nitrogen functional groups attached to an aromatic ring is 1. The summed E-state index contributed by atoms with van der Waals surface area (Å²) >= 11 is 3.44. The molecule has 0 aliphatic carbocycles. The molecular weight excluding hydrogens is 376 g/mol. The summed E-state index contributed by atoms with van der Waals surface area (Å²) < 4.78 is 6.01. The molecule has 1 fully saturated rings. The van der Waals surface area contributed by atoms with Crippen LogP contribution in [0.15, 0.2) is 10.7 Å². The highest BCUT2D eigenvalue weighted by Gasteiger charge is 2.26. The summed E-state index contributed by atoms with van der Waals surface area (Å²) in [4.78, 5) is 29.3. The standard InChI is InChI=1S/C16H23BrN4O3/c1-16(2,3)24-15(23)20-10-4-6-21(7-5-10)13-11(9-22)14(18)19-8-12(13)17/h8-10H,4-7H2,1-3H3,(H2,18,19)(H,20,23). The lowest BCUT2D eigenvalue weighted by molar-refractivity contribution is 0.0497. The van der Waals surface area contributed by atoms with Crippen LogP contribution in [-0.2, 0) is 4.74 Å². The molecule has 0 unspecified atom stereocenters. The maximum absolute atomic E-state index is 11.9. The molecule has 24 heavy (non-hydrogen) atoms. The zero-order valence-electron chi connectivity index (χ0n) is 14.1. The molecule has 1 aromatic heterocycles. The van der Waals surface area contributed by atoms with Gasteiger partial charge in [-0.1, -0.05) is 0 Å². The third-order valence-corrected chi connectivity index (χ3v) is 4.30. The number of hydrogen-bond acceptors (Lipinski definition) is 6. The molecule has 2 heterocycles. The van der Waals surface area contributed by atoms with Crippen LogP contribution in [0.2, 0.25) is 0 Å². The Balaban J connectivity index is 2.00. The van der Waals surface area contributed by atoms with Gasteiger partial charge in [0.25, 0.3) is 0 Å². The number of nitrogens with two attached hydrogens (primary N) is 1. The van der Waals surface area contributed by atoms with E-state index in [1.807, 2.05) is 20.8 Å². The lowest BCUT2D eigenvalue weighted by Crippen LogP contribution is -2.46. The highest BCUT2D eigenvalue weighted by atomic mass is 79.9. The number of anilines is 2. The summed E-state index contributed by atoms with van der Waals surface area (Å²) in [5.74, 6) is 0.220. The van der Waals surface area contributed by atoms with Crippen molar-refractivity contribution < 1.29 is 14.3 Å². The molecule has 0 bridgehead atoms. The van der Waals surface area contributed by atoms with Gasteiger partial charge in [0.1, 0.15) is 11.4 Å². The number of carbonyl (C=O) groups excluding carboxylic acids is 2. The molecule has 1 aromatic rings. The molecule has 1 aliphatic heterocycles. The van der Waals surface area contributed by atoms with Crippen LogP contribution in [0.1, 0.15) is 44.0 Å². The molecule has 0 spiro atoms. The van der Waals surface area contributed by atoms with Crippen LogP contribution < -0.4 is 16.0 Å². The van der Waals surface area contributed by atoms with Crippen LogP contribution in [0.5, 0.6) is 0 Å². The van der Waals surface area contributed by atoms with Gasteiger partial charge in [-0.2, -0.15) is 0 Å². The van der Waals surface area contributed by atoms with Crippen molar-refractivity contribution >= 4 is 39.8 Å². The topological polar surface area (TPSA) is 97.6 Å². The zero-order valence-corrected chi connectivity index (χ0v) is 15.7. The minimum atomic E-state index is -0.511. The summed E-state index contributed by atoms with van der Waals surface area (Å²) in [6, 6.07) is 0.0498. The number of nitrogens with one attached hydrogen (secondary N) is 1. The largest absolute Gasteiger partial charge is 0.444 e. The van der Waals surface area contributed by atoms with Crippen molar-refractivity contribution in [3.63, 3.8) is 0 Å². The van der Waals surface area contributed by atoms with Gasteiger partial charge in [-0.3, -0.25) is 4.79 Å². The van der Waals surface area contributed by atoms with Gasteiger partial charge in [-0.15, -0.1) is 0 Å². The maximum atomic E-state index is 11.9. The quantitative estimate of drug-likeness (QED) is 0.759. The molecule has 0 saturated carbocycles. The van der Waals surface area contributed by atoms with Crippen LogP contribution in [-0.4, -0.2) is 42.1 Å². The van der Waals surface area contributed by atoms with Crippen molar-refractivity contribution in [3.05, 3.63) is 16.2 Å². The number of halogens is 1. The van der Waals surface area contributed by atoms with E-state index in [2.05, 4.69) is 31.1 Å². The van der Waals surface area contributed by atoms with Crippen LogP contribution >= 0.6 is 15.9 Å². The van der Waals surface area contributed by atoms with E-state index >= 15 is 0 Å². The van der Waals surface area contributed by atoms with E-state index in [0.717, 1.165) is 29.3 Å².